The molecule has 138 valence electrons. The third kappa shape index (κ3) is 4.71. The molecule has 1 aliphatic rings. The summed E-state index contributed by atoms with van der Waals surface area (Å²) in [5, 5.41) is 3.79. The molecule has 0 bridgehead atoms. The molecule has 1 fully saturated rings. The van der Waals surface area contributed by atoms with Crippen LogP contribution >= 0.6 is 23.2 Å². The number of benzene rings is 1. The van der Waals surface area contributed by atoms with Crippen LogP contribution in [0.15, 0.2) is 41.0 Å². The molecule has 26 heavy (non-hydrogen) atoms. The average Bonchev–Trinajstić information content (AvgIpc) is 3.16. The first-order valence-corrected chi connectivity index (χ1v) is 8.98. The van der Waals surface area contributed by atoms with E-state index in [0.29, 0.717) is 41.7 Å². The molecule has 0 unspecified atom stereocenters. The van der Waals surface area contributed by atoms with Crippen LogP contribution in [0.1, 0.15) is 23.4 Å². The lowest BCUT2D eigenvalue weighted by atomic mass is 10.0. The van der Waals surface area contributed by atoms with E-state index in [0.717, 1.165) is 0 Å². The molecule has 1 N–H and O–H groups in total. The minimum Gasteiger partial charge on any atom is -0.482 e. The van der Waals surface area contributed by atoms with Gasteiger partial charge in [0.05, 0.1) is 11.3 Å². The highest BCUT2D eigenvalue weighted by Gasteiger charge is 2.25. The summed E-state index contributed by atoms with van der Waals surface area (Å²) in [6.07, 6.45) is 2.82. The largest absolute Gasteiger partial charge is 0.482 e. The molecule has 1 saturated heterocycles. The number of carbonyl (C=O) groups is 2. The molecule has 1 aromatic heterocycles. The second-order valence-electron chi connectivity index (χ2n) is 5.97. The molecular formula is C18H18Cl2N2O4. The van der Waals surface area contributed by atoms with Crippen LogP contribution in [0.25, 0.3) is 0 Å². The standard InChI is InChI=1S/C18H18Cl2N2O4/c19-12-3-4-15(14(20)10-12)26-11-17(23)22-7-5-13(6-8-22)21-18(24)16-2-1-9-25-16/h1-4,9-10,13H,5-8,11H2,(H,21,24). The molecule has 3 rings (SSSR count). The maximum absolute atomic E-state index is 12.3. The molecule has 6 nitrogen and oxygen atoms in total. The van der Waals surface area contributed by atoms with Gasteiger partial charge in [-0.1, -0.05) is 23.2 Å². The summed E-state index contributed by atoms with van der Waals surface area (Å²) in [7, 11) is 0. The van der Waals surface area contributed by atoms with Gasteiger partial charge < -0.3 is 19.4 Å². The minimum absolute atomic E-state index is 0.0169. The number of hydrogen-bond donors (Lipinski definition) is 1. The molecule has 1 aromatic carbocycles. The Balaban J connectivity index is 1.44. The molecule has 1 aliphatic heterocycles. The van der Waals surface area contributed by atoms with Gasteiger partial charge in [-0.05, 0) is 43.2 Å². The zero-order chi connectivity index (χ0) is 18.5. The lowest BCUT2D eigenvalue weighted by Crippen LogP contribution is -2.47. The summed E-state index contributed by atoms with van der Waals surface area (Å²) < 4.78 is 10.6. The van der Waals surface area contributed by atoms with Crippen LogP contribution in [0, 0.1) is 0 Å². The summed E-state index contributed by atoms with van der Waals surface area (Å²) in [4.78, 5) is 26.0. The van der Waals surface area contributed by atoms with E-state index in [1.807, 2.05) is 0 Å². The van der Waals surface area contributed by atoms with Crippen molar-refractivity contribution in [2.24, 2.45) is 0 Å². The maximum Gasteiger partial charge on any atom is 0.287 e. The van der Waals surface area contributed by atoms with Crippen molar-refractivity contribution in [1.29, 1.82) is 0 Å². The van der Waals surface area contributed by atoms with Crippen LogP contribution in [0.5, 0.6) is 5.75 Å². The smallest absolute Gasteiger partial charge is 0.287 e. The molecule has 2 heterocycles. The van der Waals surface area contributed by atoms with E-state index in [1.165, 1.54) is 6.26 Å². The van der Waals surface area contributed by atoms with Gasteiger partial charge in [0.25, 0.3) is 11.8 Å². The fourth-order valence-electron chi connectivity index (χ4n) is 2.76. The van der Waals surface area contributed by atoms with Gasteiger partial charge in [-0.2, -0.15) is 0 Å². The predicted octanol–water partition coefficient (Wildman–Crippen LogP) is 3.39. The first-order valence-electron chi connectivity index (χ1n) is 8.23. The first-order chi connectivity index (χ1) is 12.5. The molecule has 2 amide bonds. The quantitative estimate of drug-likeness (QED) is 0.840. The van der Waals surface area contributed by atoms with Gasteiger partial charge in [0.15, 0.2) is 12.4 Å². The molecule has 0 atom stereocenters. The summed E-state index contributed by atoms with van der Waals surface area (Å²) in [5.41, 5.74) is 0. The topological polar surface area (TPSA) is 71.8 Å². The highest BCUT2D eigenvalue weighted by Crippen LogP contribution is 2.27. The van der Waals surface area contributed by atoms with E-state index in [-0.39, 0.29) is 30.2 Å². The Bertz CT molecular complexity index is 772. The van der Waals surface area contributed by atoms with Crippen molar-refractivity contribution < 1.29 is 18.7 Å². The van der Waals surface area contributed by atoms with Crippen molar-refractivity contribution in [3.05, 3.63) is 52.4 Å². The van der Waals surface area contributed by atoms with Crippen LogP contribution < -0.4 is 10.1 Å². The zero-order valence-electron chi connectivity index (χ0n) is 13.9. The molecular weight excluding hydrogens is 379 g/mol. The van der Waals surface area contributed by atoms with E-state index in [1.54, 1.807) is 35.2 Å². The Kier molecular flexibility index (Phi) is 6.06. The number of furan rings is 1. The number of halogens is 2. The number of nitrogens with one attached hydrogen (secondary N) is 1. The van der Waals surface area contributed by atoms with Crippen LogP contribution in [0.3, 0.4) is 0 Å². The van der Waals surface area contributed by atoms with E-state index < -0.39 is 0 Å². The predicted molar refractivity (Wildman–Crippen MR) is 97.7 cm³/mol. The second kappa shape index (κ2) is 8.47. The third-order valence-electron chi connectivity index (χ3n) is 4.17. The molecule has 0 radical (unpaired) electrons. The minimum atomic E-state index is -0.236. The summed E-state index contributed by atoms with van der Waals surface area (Å²) in [6, 6.07) is 8.16. The van der Waals surface area contributed by atoms with Crippen LogP contribution in [-0.2, 0) is 4.79 Å². The van der Waals surface area contributed by atoms with Crippen molar-refractivity contribution in [2.45, 2.75) is 18.9 Å². The zero-order valence-corrected chi connectivity index (χ0v) is 15.4. The van der Waals surface area contributed by atoms with Crippen molar-refractivity contribution >= 4 is 35.0 Å². The van der Waals surface area contributed by atoms with Crippen LogP contribution in [-0.4, -0.2) is 42.5 Å². The number of amides is 2. The van der Waals surface area contributed by atoms with Gasteiger partial charge in [0.1, 0.15) is 5.75 Å². The third-order valence-corrected chi connectivity index (χ3v) is 4.70. The van der Waals surface area contributed by atoms with E-state index in [9.17, 15) is 9.59 Å². The van der Waals surface area contributed by atoms with Gasteiger partial charge in [-0.3, -0.25) is 9.59 Å². The molecule has 0 saturated carbocycles. The Morgan fingerprint density at radius 2 is 2.00 bits per heavy atom. The number of ether oxygens (including phenoxy) is 1. The Labute approximate surface area is 161 Å². The average molecular weight is 397 g/mol. The molecule has 2 aromatic rings. The molecule has 0 aliphatic carbocycles. The Hall–Kier alpha value is -2.18. The number of carbonyl (C=O) groups excluding carboxylic acids is 2. The number of piperidine rings is 1. The van der Waals surface area contributed by atoms with Crippen LogP contribution in [0.2, 0.25) is 10.0 Å². The second-order valence-corrected chi connectivity index (χ2v) is 6.81. The Morgan fingerprint density at radius 3 is 2.65 bits per heavy atom. The first kappa shape index (κ1) is 18.6. The molecule has 0 spiro atoms. The normalized spacial score (nSPS) is 14.9. The highest BCUT2D eigenvalue weighted by molar-refractivity contribution is 6.35. The van der Waals surface area contributed by atoms with E-state index >= 15 is 0 Å². The number of nitrogens with zero attached hydrogens (tertiary/aromatic N) is 1. The fourth-order valence-corrected chi connectivity index (χ4v) is 3.22. The lowest BCUT2D eigenvalue weighted by Gasteiger charge is -2.32. The highest BCUT2D eigenvalue weighted by atomic mass is 35.5. The monoisotopic (exact) mass is 396 g/mol. The Morgan fingerprint density at radius 1 is 1.23 bits per heavy atom. The summed E-state index contributed by atoms with van der Waals surface area (Å²) >= 11 is 11.9. The van der Waals surface area contributed by atoms with Crippen molar-refractivity contribution in [3.8, 4) is 5.75 Å². The van der Waals surface area contributed by atoms with Gasteiger partial charge in [-0.25, -0.2) is 0 Å². The van der Waals surface area contributed by atoms with Crippen molar-refractivity contribution in [3.63, 3.8) is 0 Å². The maximum atomic E-state index is 12.3. The van der Waals surface area contributed by atoms with Gasteiger partial charge in [0.2, 0.25) is 0 Å². The fraction of sp³-hybridized carbons (Fsp3) is 0.333. The van der Waals surface area contributed by atoms with E-state index in [4.69, 9.17) is 32.4 Å². The summed E-state index contributed by atoms with van der Waals surface area (Å²) in [5.74, 6) is 0.356. The number of rotatable bonds is 5. The van der Waals surface area contributed by atoms with Crippen molar-refractivity contribution in [2.75, 3.05) is 19.7 Å². The number of likely N-dealkylation sites (tertiary alicyclic amines) is 1. The molecule has 8 heteroatoms. The van der Waals surface area contributed by atoms with Crippen LogP contribution in [0.4, 0.5) is 0 Å². The SMILES string of the molecule is O=C(NC1CCN(C(=O)COc2ccc(Cl)cc2Cl)CC1)c1ccco1. The number of hydrogen-bond acceptors (Lipinski definition) is 4. The van der Waals surface area contributed by atoms with Gasteiger partial charge in [0, 0.05) is 24.2 Å². The van der Waals surface area contributed by atoms with Crippen molar-refractivity contribution in [1.82, 2.24) is 10.2 Å². The lowest BCUT2D eigenvalue weighted by molar-refractivity contribution is -0.134. The van der Waals surface area contributed by atoms with Gasteiger partial charge in [-0.15, -0.1) is 0 Å². The van der Waals surface area contributed by atoms with E-state index in [2.05, 4.69) is 5.32 Å². The summed E-state index contributed by atoms with van der Waals surface area (Å²) in [6.45, 7) is 1.02. The van der Waals surface area contributed by atoms with Gasteiger partial charge >= 0.3 is 0 Å².